The number of nitrogens with zero attached hydrogens (tertiary/aromatic N) is 3. The summed E-state index contributed by atoms with van der Waals surface area (Å²) in [5, 5.41) is 15.1. The van der Waals surface area contributed by atoms with Crippen LogP contribution in [-0.2, 0) is 0 Å². The molecular weight excluding hydrogens is 288 g/mol. The lowest BCUT2D eigenvalue weighted by atomic mass is 9.98. The van der Waals surface area contributed by atoms with Crippen molar-refractivity contribution in [3.05, 3.63) is 28.3 Å². The van der Waals surface area contributed by atoms with Crippen LogP contribution in [0, 0.1) is 16.0 Å². The van der Waals surface area contributed by atoms with Crippen molar-refractivity contribution in [1.29, 1.82) is 0 Å². The molecule has 1 aromatic carbocycles. The van der Waals surface area contributed by atoms with Crippen molar-refractivity contribution in [2.24, 2.45) is 5.92 Å². The van der Waals surface area contributed by atoms with Crippen molar-refractivity contribution in [3.63, 3.8) is 0 Å². The van der Waals surface area contributed by atoms with E-state index in [-0.39, 0.29) is 10.6 Å². The van der Waals surface area contributed by atoms with Crippen LogP contribution >= 0.6 is 11.3 Å². The molecule has 0 unspecified atom stereocenters. The van der Waals surface area contributed by atoms with E-state index in [1.165, 1.54) is 18.9 Å². The molecule has 0 bridgehead atoms. The van der Waals surface area contributed by atoms with E-state index >= 15 is 0 Å². The summed E-state index contributed by atoms with van der Waals surface area (Å²) >= 11 is 1.59. The molecule has 1 N–H and O–H groups in total. The number of nitro groups is 1. The van der Waals surface area contributed by atoms with E-state index in [1.54, 1.807) is 23.5 Å². The zero-order chi connectivity index (χ0) is 14.8. The minimum Gasteiger partial charge on any atom is -0.351 e. The van der Waals surface area contributed by atoms with Gasteiger partial charge in [0, 0.05) is 25.7 Å². The topological polar surface area (TPSA) is 71.3 Å². The van der Waals surface area contributed by atoms with Gasteiger partial charge >= 0.3 is 0 Å². The number of nitrogens with one attached hydrogen (secondary N) is 1. The Balaban J connectivity index is 1.78. The van der Waals surface area contributed by atoms with E-state index in [0.29, 0.717) is 11.4 Å². The summed E-state index contributed by atoms with van der Waals surface area (Å²) in [5.41, 5.74) is 0.807. The van der Waals surface area contributed by atoms with Gasteiger partial charge in [0.05, 0.1) is 15.1 Å². The molecule has 21 heavy (non-hydrogen) atoms. The molecule has 2 aromatic rings. The number of rotatable bonds is 4. The summed E-state index contributed by atoms with van der Waals surface area (Å²) in [7, 11) is 2.05. The fourth-order valence-electron chi connectivity index (χ4n) is 2.71. The Hall–Kier alpha value is -1.73. The second kappa shape index (κ2) is 5.95. The molecule has 0 saturated carbocycles. The number of aromatic nitrogens is 1. The zero-order valence-corrected chi connectivity index (χ0v) is 12.7. The second-order valence-electron chi connectivity index (χ2n) is 5.48. The van der Waals surface area contributed by atoms with Gasteiger partial charge in [0.15, 0.2) is 5.13 Å². The molecule has 1 aliphatic heterocycles. The zero-order valence-electron chi connectivity index (χ0n) is 11.9. The van der Waals surface area contributed by atoms with Gasteiger partial charge in [-0.25, -0.2) is 4.98 Å². The largest absolute Gasteiger partial charge is 0.351 e. The minimum atomic E-state index is -0.378. The minimum absolute atomic E-state index is 0.0976. The van der Waals surface area contributed by atoms with Gasteiger partial charge in [0.2, 0.25) is 0 Å². The third kappa shape index (κ3) is 3.14. The van der Waals surface area contributed by atoms with Gasteiger partial charge in [0.1, 0.15) is 0 Å². The number of non-ortho nitro benzene ring substituents is 1. The summed E-state index contributed by atoms with van der Waals surface area (Å²) in [6.07, 6.45) is 2.39. The van der Waals surface area contributed by atoms with Crippen molar-refractivity contribution < 1.29 is 4.92 Å². The van der Waals surface area contributed by atoms with Crippen molar-refractivity contribution >= 4 is 32.4 Å². The molecule has 1 aromatic heterocycles. The highest BCUT2D eigenvalue weighted by Gasteiger charge is 2.18. The van der Waals surface area contributed by atoms with E-state index < -0.39 is 0 Å². The van der Waals surface area contributed by atoms with E-state index in [1.807, 2.05) is 7.05 Å². The molecule has 1 fully saturated rings. The quantitative estimate of drug-likeness (QED) is 0.694. The molecule has 2 heterocycles. The third-order valence-electron chi connectivity index (χ3n) is 3.89. The third-order valence-corrected chi connectivity index (χ3v) is 5.04. The summed E-state index contributed by atoms with van der Waals surface area (Å²) in [6.45, 7) is 3.17. The number of hydrogen-bond donors (Lipinski definition) is 1. The monoisotopic (exact) mass is 306 g/mol. The molecule has 112 valence electrons. The Labute approximate surface area is 126 Å². The second-order valence-corrected chi connectivity index (χ2v) is 6.49. The molecule has 3 rings (SSSR count). The average molecular weight is 306 g/mol. The Morgan fingerprint density at radius 2 is 2.24 bits per heavy atom. The molecule has 0 spiro atoms. The maximum atomic E-state index is 10.8. The number of anilines is 1. The highest BCUT2D eigenvalue weighted by Crippen LogP contribution is 2.31. The smallest absolute Gasteiger partial charge is 0.271 e. The van der Waals surface area contributed by atoms with Crippen molar-refractivity contribution in [2.75, 3.05) is 31.6 Å². The molecule has 0 amide bonds. The Bertz CT molecular complexity index is 651. The van der Waals surface area contributed by atoms with Crippen molar-refractivity contribution in [1.82, 2.24) is 10.3 Å². The van der Waals surface area contributed by atoms with Crippen molar-refractivity contribution in [2.45, 2.75) is 12.8 Å². The fraction of sp³-hybridized carbons (Fsp3) is 0.500. The van der Waals surface area contributed by atoms with Gasteiger partial charge in [-0.1, -0.05) is 11.3 Å². The van der Waals surface area contributed by atoms with Gasteiger partial charge in [-0.05, 0) is 37.9 Å². The van der Waals surface area contributed by atoms with Crippen LogP contribution in [0.2, 0.25) is 0 Å². The van der Waals surface area contributed by atoms with Crippen molar-refractivity contribution in [3.8, 4) is 0 Å². The fourth-order valence-corrected chi connectivity index (χ4v) is 3.63. The maximum absolute atomic E-state index is 10.8. The van der Waals surface area contributed by atoms with Crippen LogP contribution in [0.3, 0.4) is 0 Å². The number of thiazole rings is 1. The number of hydrogen-bond acceptors (Lipinski definition) is 6. The predicted molar refractivity (Wildman–Crippen MR) is 85.1 cm³/mol. The van der Waals surface area contributed by atoms with Crippen LogP contribution in [0.25, 0.3) is 10.2 Å². The first kappa shape index (κ1) is 14.2. The molecule has 7 heteroatoms. The van der Waals surface area contributed by atoms with E-state index in [4.69, 9.17) is 0 Å². The van der Waals surface area contributed by atoms with Crippen LogP contribution in [0.1, 0.15) is 12.8 Å². The van der Waals surface area contributed by atoms with Gasteiger partial charge in [-0.15, -0.1) is 0 Å². The van der Waals surface area contributed by atoms with Crippen LogP contribution in [0.4, 0.5) is 10.8 Å². The first-order valence-corrected chi connectivity index (χ1v) is 7.92. The molecular formula is C14H18N4O2S. The highest BCUT2D eigenvalue weighted by atomic mass is 32.1. The van der Waals surface area contributed by atoms with Gasteiger partial charge in [0.25, 0.3) is 5.69 Å². The molecule has 0 atom stereocenters. The SMILES string of the molecule is CN(CC1CCNCC1)c1nc2cc([N+](=O)[O-])ccc2s1. The standard InChI is InChI=1S/C14H18N4O2S/c1-17(9-10-4-6-15-7-5-10)14-16-12-8-11(18(19)20)2-3-13(12)21-14/h2-3,8,10,15H,4-7,9H2,1H3. The molecule has 1 aliphatic rings. The lowest BCUT2D eigenvalue weighted by Crippen LogP contribution is -2.34. The number of benzene rings is 1. The van der Waals surface area contributed by atoms with Crippen LogP contribution in [0.5, 0.6) is 0 Å². The Morgan fingerprint density at radius 3 is 2.95 bits per heavy atom. The summed E-state index contributed by atoms with van der Waals surface area (Å²) in [4.78, 5) is 17.2. The summed E-state index contributed by atoms with van der Waals surface area (Å²) in [6, 6.07) is 4.87. The lowest BCUT2D eigenvalue weighted by molar-refractivity contribution is -0.384. The molecule has 0 aliphatic carbocycles. The van der Waals surface area contributed by atoms with Gasteiger partial charge in [-0.3, -0.25) is 10.1 Å². The first-order valence-electron chi connectivity index (χ1n) is 7.10. The Morgan fingerprint density at radius 1 is 1.48 bits per heavy atom. The summed E-state index contributed by atoms with van der Waals surface area (Å²) < 4.78 is 0.993. The van der Waals surface area contributed by atoms with Gasteiger partial charge in [-0.2, -0.15) is 0 Å². The maximum Gasteiger partial charge on any atom is 0.271 e. The number of piperidine rings is 1. The van der Waals surface area contributed by atoms with E-state index in [0.717, 1.165) is 29.5 Å². The number of nitro benzene ring substituents is 1. The molecule has 0 radical (unpaired) electrons. The van der Waals surface area contributed by atoms with E-state index in [2.05, 4.69) is 15.2 Å². The Kier molecular flexibility index (Phi) is 4.03. The number of fused-ring (bicyclic) bond motifs is 1. The molecule has 6 nitrogen and oxygen atoms in total. The molecule has 1 saturated heterocycles. The van der Waals surface area contributed by atoms with Crippen LogP contribution in [-0.4, -0.2) is 36.6 Å². The van der Waals surface area contributed by atoms with Crippen LogP contribution < -0.4 is 10.2 Å². The van der Waals surface area contributed by atoms with E-state index in [9.17, 15) is 10.1 Å². The first-order chi connectivity index (χ1) is 10.1. The summed E-state index contributed by atoms with van der Waals surface area (Å²) in [5.74, 6) is 0.692. The predicted octanol–water partition coefficient (Wildman–Crippen LogP) is 2.64. The highest BCUT2D eigenvalue weighted by molar-refractivity contribution is 7.22. The lowest BCUT2D eigenvalue weighted by Gasteiger charge is -2.27. The average Bonchev–Trinajstić information content (AvgIpc) is 2.91. The van der Waals surface area contributed by atoms with Crippen LogP contribution in [0.15, 0.2) is 18.2 Å². The normalized spacial score (nSPS) is 16.2. The van der Waals surface area contributed by atoms with Gasteiger partial charge < -0.3 is 10.2 Å².